The van der Waals surface area contributed by atoms with Gasteiger partial charge < -0.3 is 4.74 Å². The molecule has 2 heterocycles. The van der Waals surface area contributed by atoms with Crippen LogP contribution >= 0.6 is 27.7 Å². The Kier molecular flexibility index (Phi) is 3.38. The second-order valence-electron chi connectivity index (χ2n) is 3.32. The third-order valence-electron chi connectivity index (χ3n) is 2.41. The van der Waals surface area contributed by atoms with Crippen LogP contribution in [-0.2, 0) is 0 Å². The third-order valence-corrected chi connectivity index (χ3v) is 4.36. The van der Waals surface area contributed by atoms with Gasteiger partial charge in [0.2, 0.25) is 0 Å². The Morgan fingerprint density at radius 3 is 3.14 bits per heavy atom. The van der Waals surface area contributed by atoms with Crippen LogP contribution < -0.4 is 4.74 Å². The van der Waals surface area contributed by atoms with Gasteiger partial charge >= 0.3 is 0 Å². The van der Waals surface area contributed by atoms with Crippen molar-refractivity contribution < 1.29 is 4.74 Å². The van der Waals surface area contributed by atoms with E-state index in [0.717, 1.165) is 16.1 Å². The first kappa shape index (κ1) is 10.4. The summed E-state index contributed by atoms with van der Waals surface area (Å²) in [4.78, 5) is 0. The van der Waals surface area contributed by atoms with Gasteiger partial charge in [-0.1, -0.05) is 0 Å². The molecular formula is C9H13BrN2OS. The summed E-state index contributed by atoms with van der Waals surface area (Å²) >= 11 is 5.51. The van der Waals surface area contributed by atoms with Gasteiger partial charge in [0.25, 0.3) is 0 Å². The molecule has 0 aromatic carbocycles. The second kappa shape index (κ2) is 4.57. The summed E-state index contributed by atoms with van der Waals surface area (Å²) in [7, 11) is 1.67. The highest BCUT2D eigenvalue weighted by atomic mass is 79.9. The Hall–Kier alpha value is -0.160. The summed E-state index contributed by atoms with van der Waals surface area (Å²) in [6.07, 6.45) is 4.27. The maximum absolute atomic E-state index is 5.18. The molecule has 0 amide bonds. The molecule has 1 aromatic heterocycles. The van der Waals surface area contributed by atoms with E-state index < -0.39 is 0 Å². The molecule has 1 atom stereocenters. The summed E-state index contributed by atoms with van der Waals surface area (Å²) in [6.45, 7) is 0. The number of nitrogens with zero attached hydrogens (tertiary/aromatic N) is 2. The van der Waals surface area contributed by atoms with Crippen LogP contribution in [0.3, 0.4) is 0 Å². The number of hydrogen-bond acceptors (Lipinski definition) is 3. The van der Waals surface area contributed by atoms with Crippen LogP contribution in [0.1, 0.15) is 18.9 Å². The predicted molar refractivity (Wildman–Crippen MR) is 62.1 cm³/mol. The van der Waals surface area contributed by atoms with Crippen LogP contribution in [-0.4, -0.2) is 28.4 Å². The molecule has 0 N–H and O–H groups in total. The number of methoxy groups -OCH3 is 1. The Morgan fingerprint density at radius 2 is 2.57 bits per heavy atom. The van der Waals surface area contributed by atoms with E-state index in [9.17, 15) is 0 Å². The van der Waals surface area contributed by atoms with Gasteiger partial charge in [-0.2, -0.15) is 16.9 Å². The number of halogens is 1. The van der Waals surface area contributed by atoms with Crippen molar-refractivity contribution in [3.8, 4) is 5.75 Å². The number of rotatable bonds is 2. The Labute approximate surface area is 96.3 Å². The molecule has 1 aliphatic rings. The van der Waals surface area contributed by atoms with Gasteiger partial charge in [0.15, 0.2) is 5.75 Å². The summed E-state index contributed by atoms with van der Waals surface area (Å²) in [5.74, 6) is 3.26. The molecule has 1 unspecified atom stereocenters. The monoisotopic (exact) mass is 276 g/mol. The summed E-state index contributed by atoms with van der Waals surface area (Å²) < 4.78 is 8.18. The van der Waals surface area contributed by atoms with Crippen molar-refractivity contribution in [3.63, 3.8) is 0 Å². The highest BCUT2D eigenvalue weighted by Crippen LogP contribution is 2.32. The zero-order chi connectivity index (χ0) is 9.97. The molecule has 0 bridgehead atoms. The first-order valence-corrected chi connectivity index (χ1v) is 6.62. The van der Waals surface area contributed by atoms with Crippen molar-refractivity contribution in [2.45, 2.75) is 18.9 Å². The molecule has 2 rings (SSSR count). The molecule has 1 fully saturated rings. The molecule has 5 heteroatoms. The fraction of sp³-hybridized carbons (Fsp3) is 0.667. The average molecular weight is 277 g/mol. The van der Waals surface area contributed by atoms with Crippen LogP contribution in [0.4, 0.5) is 0 Å². The molecule has 14 heavy (non-hydrogen) atoms. The fourth-order valence-corrected chi connectivity index (χ4v) is 3.40. The average Bonchev–Trinajstić information content (AvgIpc) is 2.61. The standard InChI is InChI=1S/C9H13BrN2OS/c1-13-8-5-11-12(9(8)10)7-3-2-4-14-6-7/h5,7H,2-4,6H2,1H3. The lowest BCUT2D eigenvalue weighted by molar-refractivity contribution is 0.403. The molecular weight excluding hydrogens is 264 g/mol. The SMILES string of the molecule is COc1cnn(C2CCCSC2)c1Br. The second-order valence-corrected chi connectivity index (χ2v) is 5.22. The Balaban J connectivity index is 2.18. The zero-order valence-corrected chi connectivity index (χ0v) is 10.5. The van der Waals surface area contributed by atoms with Gasteiger partial charge in [-0.3, -0.25) is 4.68 Å². The topological polar surface area (TPSA) is 27.1 Å². The van der Waals surface area contributed by atoms with E-state index in [4.69, 9.17) is 4.74 Å². The van der Waals surface area contributed by atoms with Crippen molar-refractivity contribution in [1.29, 1.82) is 0 Å². The largest absolute Gasteiger partial charge is 0.492 e. The van der Waals surface area contributed by atoms with E-state index in [0.29, 0.717) is 6.04 Å². The van der Waals surface area contributed by atoms with E-state index in [1.807, 2.05) is 16.4 Å². The Bertz CT molecular complexity index is 310. The summed E-state index contributed by atoms with van der Waals surface area (Å²) in [5.41, 5.74) is 0. The molecule has 0 radical (unpaired) electrons. The molecule has 0 aliphatic carbocycles. The first-order valence-electron chi connectivity index (χ1n) is 4.67. The zero-order valence-electron chi connectivity index (χ0n) is 8.07. The molecule has 3 nitrogen and oxygen atoms in total. The highest BCUT2D eigenvalue weighted by Gasteiger charge is 2.20. The molecule has 1 saturated heterocycles. The van der Waals surface area contributed by atoms with Gasteiger partial charge in [0.05, 0.1) is 19.3 Å². The lowest BCUT2D eigenvalue weighted by Crippen LogP contribution is -2.17. The van der Waals surface area contributed by atoms with Crippen LogP contribution in [0.5, 0.6) is 5.75 Å². The Morgan fingerprint density at radius 1 is 1.71 bits per heavy atom. The number of ether oxygens (including phenoxy) is 1. The number of aromatic nitrogens is 2. The minimum atomic E-state index is 0.520. The van der Waals surface area contributed by atoms with E-state index >= 15 is 0 Å². The normalized spacial score (nSPS) is 22.3. The van der Waals surface area contributed by atoms with Crippen molar-refractivity contribution in [2.75, 3.05) is 18.6 Å². The van der Waals surface area contributed by atoms with Gasteiger partial charge in [-0.05, 0) is 34.5 Å². The third kappa shape index (κ3) is 1.93. The number of hydrogen-bond donors (Lipinski definition) is 0. The van der Waals surface area contributed by atoms with Gasteiger partial charge in [0, 0.05) is 5.75 Å². The van der Waals surface area contributed by atoms with Gasteiger partial charge in [-0.15, -0.1) is 0 Å². The van der Waals surface area contributed by atoms with E-state index in [2.05, 4.69) is 21.0 Å². The molecule has 1 aromatic rings. The van der Waals surface area contributed by atoms with Crippen LogP contribution in [0.25, 0.3) is 0 Å². The minimum absolute atomic E-state index is 0.520. The molecule has 0 spiro atoms. The van der Waals surface area contributed by atoms with Gasteiger partial charge in [0.1, 0.15) is 4.60 Å². The van der Waals surface area contributed by atoms with Crippen LogP contribution in [0.15, 0.2) is 10.8 Å². The lowest BCUT2D eigenvalue weighted by atomic mass is 10.2. The quantitative estimate of drug-likeness (QED) is 0.831. The first-order chi connectivity index (χ1) is 6.83. The van der Waals surface area contributed by atoms with E-state index in [-0.39, 0.29) is 0 Å². The highest BCUT2D eigenvalue weighted by molar-refractivity contribution is 9.10. The fourth-order valence-electron chi connectivity index (χ4n) is 1.64. The number of thioether (sulfide) groups is 1. The summed E-state index contributed by atoms with van der Waals surface area (Å²) in [5, 5.41) is 4.34. The minimum Gasteiger partial charge on any atom is -0.492 e. The van der Waals surface area contributed by atoms with E-state index in [1.165, 1.54) is 18.6 Å². The smallest absolute Gasteiger partial charge is 0.171 e. The lowest BCUT2D eigenvalue weighted by Gasteiger charge is -2.22. The van der Waals surface area contributed by atoms with E-state index in [1.54, 1.807) is 13.3 Å². The molecule has 78 valence electrons. The molecule has 1 aliphatic heterocycles. The molecule has 0 saturated carbocycles. The predicted octanol–water partition coefficient (Wildman–Crippen LogP) is 2.72. The maximum Gasteiger partial charge on any atom is 0.171 e. The van der Waals surface area contributed by atoms with Crippen LogP contribution in [0, 0.1) is 0 Å². The van der Waals surface area contributed by atoms with Gasteiger partial charge in [-0.25, -0.2) is 0 Å². The van der Waals surface area contributed by atoms with Crippen molar-refractivity contribution >= 4 is 27.7 Å². The maximum atomic E-state index is 5.18. The van der Waals surface area contributed by atoms with Crippen LogP contribution in [0.2, 0.25) is 0 Å². The van der Waals surface area contributed by atoms with Crippen molar-refractivity contribution in [3.05, 3.63) is 10.8 Å². The van der Waals surface area contributed by atoms with Crippen molar-refractivity contribution in [1.82, 2.24) is 9.78 Å². The summed E-state index contributed by atoms with van der Waals surface area (Å²) in [6, 6.07) is 0.520. The van der Waals surface area contributed by atoms with Crippen molar-refractivity contribution in [2.24, 2.45) is 0 Å².